The van der Waals surface area contributed by atoms with Gasteiger partial charge in [0.1, 0.15) is 0 Å². The molecule has 1 fully saturated rings. The Morgan fingerprint density at radius 3 is 2.50 bits per heavy atom. The Hall–Kier alpha value is -2.49. The molecule has 1 N–H and O–H groups in total. The fraction of sp³-hybridized carbons (Fsp3) is 0.618. The van der Waals surface area contributed by atoms with E-state index in [2.05, 4.69) is 59.9 Å². The summed E-state index contributed by atoms with van der Waals surface area (Å²) in [5.41, 5.74) is 3.69. The second kappa shape index (κ2) is 14.6. The summed E-state index contributed by atoms with van der Waals surface area (Å²) < 4.78 is 0. The first-order valence-electron chi connectivity index (χ1n) is 15.4. The Labute approximate surface area is 231 Å². The quantitative estimate of drug-likeness (QED) is 0.235. The molecular weight excluding hydrogens is 466 g/mol. The Balaban J connectivity index is 1.26. The van der Waals surface area contributed by atoms with E-state index in [4.69, 9.17) is 4.99 Å². The van der Waals surface area contributed by atoms with Gasteiger partial charge in [-0.3, -0.25) is 4.79 Å². The second-order valence-corrected chi connectivity index (χ2v) is 11.9. The van der Waals surface area contributed by atoms with E-state index < -0.39 is 0 Å². The van der Waals surface area contributed by atoms with Gasteiger partial charge in [-0.1, -0.05) is 94.4 Å². The number of amidine groups is 1. The Morgan fingerprint density at radius 1 is 1.03 bits per heavy atom. The van der Waals surface area contributed by atoms with Crippen molar-refractivity contribution >= 4 is 18.0 Å². The number of hydrogen-bond acceptors (Lipinski definition) is 3. The van der Waals surface area contributed by atoms with Crippen molar-refractivity contribution in [3.8, 4) is 0 Å². The molecule has 1 aromatic rings. The summed E-state index contributed by atoms with van der Waals surface area (Å²) in [4.78, 5) is 21.5. The number of benzene rings is 1. The van der Waals surface area contributed by atoms with Crippen LogP contribution in [0.3, 0.4) is 0 Å². The number of carbonyl (C=O) groups is 1. The summed E-state index contributed by atoms with van der Waals surface area (Å²) in [6.07, 6.45) is 24.7. The van der Waals surface area contributed by atoms with Crippen molar-refractivity contribution in [2.45, 2.75) is 97.8 Å². The lowest BCUT2D eigenvalue weighted by molar-refractivity contribution is -0.124. The molecule has 1 amide bonds. The van der Waals surface area contributed by atoms with Crippen LogP contribution >= 0.6 is 0 Å². The predicted molar refractivity (Wildman–Crippen MR) is 161 cm³/mol. The minimum absolute atomic E-state index is 0.0355. The van der Waals surface area contributed by atoms with E-state index in [0.29, 0.717) is 6.54 Å². The SMILES string of the molecule is CCCCCC1CCC(C2CC=C(C3C=CN=C(c4ccc(CC(C)C(=O)NCC)cc4)N=C3)CC2)CC1. The lowest BCUT2D eigenvalue weighted by atomic mass is 9.70. The van der Waals surface area contributed by atoms with Crippen LogP contribution in [0.5, 0.6) is 0 Å². The molecule has 3 unspecified atom stereocenters. The zero-order valence-corrected chi connectivity index (χ0v) is 24.0. The fourth-order valence-corrected chi connectivity index (χ4v) is 6.63. The maximum absolute atomic E-state index is 12.1. The molecule has 1 aromatic carbocycles. The number of nitrogens with zero attached hydrogens (tertiary/aromatic N) is 2. The van der Waals surface area contributed by atoms with Gasteiger partial charge in [0.2, 0.25) is 5.91 Å². The Bertz CT molecular complexity index is 1010. The molecule has 1 saturated carbocycles. The van der Waals surface area contributed by atoms with Gasteiger partial charge >= 0.3 is 0 Å². The molecule has 4 nitrogen and oxygen atoms in total. The van der Waals surface area contributed by atoms with Gasteiger partial charge < -0.3 is 5.32 Å². The molecule has 1 heterocycles. The summed E-state index contributed by atoms with van der Waals surface area (Å²) in [7, 11) is 0. The van der Waals surface area contributed by atoms with Gasteiger partial charge in [-0.15, -0.1) is 0 Å². The Morgan fingerprint density at radius 2 is 1.82 bits per heavy atom. The highest BCUT2D eigenvalue weighted by atomic mass is 16.1. The summed E-state index contributed by atoms with van der Waals surface area (Å²) in [6, 6.07) is 8.34. The lowest BCUT2D eigenvalue weighted by Crippen LogP contribution is -2.29. The van der Waals surface area contributed by atoms with Gasteiger partial charge in [0.15, 0.2) is 5.84 Å². The van der Waals surface area contributed by atoms with E-state index in [1.807, 2.05) is 20.0 Å². The summed E-state index contributed by atoms with van der Waals surface area (Å²) in [5, 5.41) is 2.91. The van der Waals surface area contributed by atoms with Crippen LogP contribution in [0.25, 0.3) is 0 Å². The third-order valence-corrected chi connectivity index (χ3v) is 9.09. The van der Waals surface area contributed by atoms with Crippen molar-refractivity contribution in [1.82, 2.24) is 5.32 Å². The van der Waals surface area contributed by atoms with Crippen molar-refractivity contribution in [2.75, 3.05) is 6.54 Å². The van der Waals surface area contributed by atoms with E-state index in [1.165, 1.54) is 76.2 Å². The molecule has 0 spiro atoms. The molecule has 4 rings (SSSR count). The lowest BCUT2D eigenvalue weighted by Gasteiger charge is -2.36. The van der Waals surface area contributed by atoms with Gasteiger partial charge in [0, 0.05) is 36.4 Å². The van der Waals surface area contributed by atoms with E-state index in [9.17, 15) is 4.79 Å². The van der Waals surface area contributed by atoms with Crippen LogP contribution in [-0.2, 0) is 11.2 Å². The zero-order chi connectivity index (χ0) is 26.7. The largest absolute Gasteiger partial charge is 0.356 e. The summed E-state index contributed by atoms with van der Waals surface area (Å²) >= 11 is 0. The van der Waals surface area contributed by atoms with Gasteiger partial charge in [0.05, 0.1) is 0 Å². The number of hydrogen-bond donors (Lipinski definition) is 1. The molecule has 0 saturated heterocycles. The van der Waals surface area contributed by atoms with Crippen LogP contribution in [0.2, 0.25) is 0 Å². The van der Waals surface area contributed by atoms with Crippen molar-refractivity contribution < 1.29 is 4.79 Å². The number of unbranched alkanes of at least 4 members (excludes halogenated alkanes) is 2. The number of rotatable bonds is 11. The molecule has 0 bridgehead atoms. The van der Waals surface area contributed by atoms with Gasteiger partial charge in [-0.2, -0.15) is 0 Å². The van der Waals surface area contributed by atoms with Crippen LogP contribution in [0.15, 0.2) is 58.2 Å². The molecule has 3 aliphatic rings. The Kier molecular flexibility index (Phi) is 11.0. The minimum atomic E-state index is -0.0355. The maximum atomic E-state index is 12.1. The van der Waals surface area contributed by atoms with Gasteiger partial charge in [-0.25, -0.2) is 9.98 Å². The number of nitrogens with one attached hydrogen (secondary N) is 1. The zero-order valence-electron chi connectivity index (χ0n) is 24.0. The first kappa shape index (κ1) is 28.5. The number of allylic oxidation sites excluding steroid dienone is 3. The number of carbonyl (C=O) groups excluding carboxylic acids is 1. The van der Waals surface area contributed by atoms with Crippen molar-refractivity contribution in [3.05, 3.63) is 59.3 Å². The average molecular weight is 516 g/mol. The summed E-state index contributed by atoms with van der Waals surface area (Å²) in [6.45, 7) is 6.91. The van der Waals surface area contributed by atoms with Crippen molar-refractivity contribution in [2.24, 2.45) is 39.6 Å². The highest BCUT2D eigenvalue weighted by molar-refractivity contribution is 6.04. The molecule has 4 heteroatoms. The van der Waals surface area contributed by atoms with E-state index in [0.717, 1.165) is 41.1 Å². The molecule has 38 heavy (non-hydrogen) atoms. The molecular formula is C34H49N3O. The fourth-order valence-electron chi connectivity index (χ4n) is 6.63. The first-order chi connectivity index (χ1) is 18.6. The van der Waals surface area contributed by atoms with Crippen LogP contribution < -0.4 is 5.32 Å². The average Bonchev–Trinajstić information content (AvgIpc) is 3.21. The van der Waals surface area contributed by atoms with Crippen LogP contribution in [-0.4, -0.2) is 24.5 Å². The maximum Gasteiger partial charge on any atom is 0.223 e. The third-order valence-electron chi connectivity index (χ3n) is 9.09. The monoisotopic (exact) mass is 515 g/mol. The smallest absolute Gasteiger partial charge is 0.223 e. The third kappa shape index (κ3) is 8.01. The van der Waals surface area contributed by atoms with Crippen LogP contribution in [0, 0.1) is 29.6 Å². The van der Waals surface area contributed by atoms with E-state index in [-0.39, 0.29) is 17.7 Å². The highest BCUT2D eigenvalue weighted by Crippen LogP contribution is 2.41. The molecule has 0 radical (unpaired) electrons. The molecule has 206 valence electrons. The van der Waals surface area contributed by atoms with E-state index in [1.54, 1.807) is 0 Å². The van der Waals surface area contributed by atoms with Crippen molar-refractivity contribution in [3.63, 3.8) is 0 Å². The topological polar surface area (TPSA) is 53.8 Å². The molecule has 0 aromatic heterocycles. The summed E-state index contributed by atoms with van der Waals surface area (Å²) in [5.74, 6) is 3.91. The van der Waals surface area contributed by atoms with Gasteiger partial charge in [0.25, 0.3) is 0 Å². The van der Waals surface area contributed by atoms with E-state index >= 15 is 0 Å². The first-order valence-corrected chi connectivity index (χ1v) is 15.4. The molecule has 1 aliphatic heterocycles. The second-order valence-electron chi connectivity index (χ2n) is 11.9. The number of amides is 1. The molecule has 2 aliphatic carbocycles. The number of aliphatic imine (C=N–C) groups is 2. The highest BCUT2D eigenvalue weighted by Gasteiger charge is 2.29. The van der Waals surface area contributed by atoms with Gasteiger partial charge in [-0.05, 0) is 68.8 Å². The predicted octanol–water partition coefficient (Wildman–Crippen LogP) is 8.08. The standard InChI is InChI=1S/C34H49N3O/c1-4-6-7-8-26-9-13-28(14-10-26)29-17-19-30(20-18-29)32-21-22-36-33(37-24-32)31-15-11-27(12-16-31)23-25(3)34(38)35-5-2/h11-12,15-16,19,21-22,24-26,28-29,32H,4-10,13-14,17-18,20,23H2,1-3H3,(H,35,38). The van der Waals surface area contributed by atoms with Crippen LogP contribution in [0.4, 0.5) is 0 Å². The van der Waals surface area contributed by atoms with Crippen LogP contribution in [0.1, 0.15) is 103 Å². The van der Waals surface area contributed by atoms with Crippen molar-refractivity contribution in [1.29, 1.82) is 0 Å². The molecule has 3 atom stereocenters. The minimum Gasteiger partial charge on any atom is -0.356 e. The normalized spacial score (nSPS) is 26.3.